The number of carbonyl (C=O) groups is 1. The standard InChI is InChI=1S/C17H18O5/c1-3-21-16-7-5-4-6-12(16)11-22-17(19)14-9-8-13(20-2)10-15(14)18/h4-10,18H,3,11H2,1-2H3. The Morgan fingerprint density at radius 3 is 2.64 bits per heavy atom. The van der Waals surface area contributed by atoms with Gasteiger partial charge in [-0.15, -0.1) is 0 Å². The molecule has 0 spiro atoms. The van der Waals surface area contributed by atoms with Gasteiger partial charge in [-0.05, 0) is 25.1 Å². The molecule has 5 heteroatoms. The van der Waals surface area contributed by atoms with E-state index < -0.39 is 5.97 Å². The first-order valence-electron chi connectivity index (χ1n) is 6.90. The van der Waals surface area contributed by atoms with Crippen molar-refractivity contribution in [3.8, 4) is 17.2 Å². The zero-order chi connectivity index (χ0) is 15.9. The number of ether oxygens (including phenoxy) is 3. The van der Waals surface area contributed by atoms with E-state index in [0.717, 1.165) is 5.56 Å². The SMILES string of the molecule is CCOc1ccccc1COC(=O)c1ccc(OC)cc1O. The van der Waals surface area contributed by atoms with Crippen LogP contribution in [0.2, 0.25) is 0 Å². The lowest BCUT2D eigenvalue weighted by molar-refractivity contribution is 0.0466. The van der Waals surface area contributed by atoms with Gasteiger partial charge < -0.3 is 19.3 Å². The minimum Gasteiger partial charge on any atom is -0.507 e. The Morgan fingerprint density at radius 2 is 1.95 bits per heavy atom. The Morgan fingerprint density at radius 1 is 1.18 bits per heavy atom. The summed E-state index contributed by atoms with van der Waals surface area (Å²) in [5, 5.41) is 9.82. The number of hydrogen-bond donors (Lipinski definition) is 1. The molecule has 0 aliphatic carbocycles. The normalized spacial score (nSPS) is 10.1. The summed E-state index contributed by atoms with van der Waals surface area (Å²) >= 11 is 0. The molecule has 0 aliphatic rings. The van der Waals surface area contributed by atoms with Crippen LogP contribution in [0.4, 0.5) is 0 Å². The van der Waals surface area contributed by atoms with E-state index in [4.69, 9.17) is 14.2 Å². The molecule has 2 aromatic rings. The van der Waals surface area contributed by atoms with Gasteiger partial charge in [-0.25, -0.2) is 4.79 Å². The highest BCUT2D eigenvalue weighted by Crippen LogP contribution is 2.25. The lowest BCUT2D eigenvalue weighted by atomic mass is 10.2. The molecule has 0 aromatic heterocycles. The van der Waals surface area contributed by atoms with E-state index in [9.17, 15) is 9.90 Å². The van der Waals surface area contributed by atoms with Gasteiger partial charge in [-0.1, -0.05) is 18.2 Å². The van der Waals surface area contributed by atoms with Crippen molar-refractivity contribution in [2.24, 2.45) is 0 Å². The third kappa shape index (κ3) is 3.69. The molecule has 116 valence electrons. The van der Waals surface area contributed by atoms with Gasteiger partial charge in [0.05, 0.1) is 13.7 Å². The van der Waals surface area contributed by atoms with E-state index in [2.05, 4.69) is 0 Å². The van der Waals surface area contributed by atoms with E-state index in [1.54, 1.807) is 6.07 Å². The van der Waals surface area contributed by atoms with Crippen molar-refractivity contribution in [1.82, 2.24) is 0 Å². The van der Waals surface area contributed by atoms with E-state index >= 15 is 0 Å². The van der Waals surface area contributed by atoms with Crippen molar-refractivity contribution < 1.29 is 24.1 Å². The molecule has 2 rings (SSSR count). The van der Waals surface area contributed by atoms with Gasteiger partial charge in [0.15, 0.2) is 0 Å². The molecule has 0 heterocycles. The molecule has 5 nitrogen and oxygen atoms in total. The van der Waals surface area contributed by atoms with Gasteiger partial charge in [-0.2, -0.15) is 0 Å². The van der Waals surface area contributed by atoms with Gasteiger partial charge in [0.25, 0.3) is 0 Å². The Balaban J connectivity index is 2.07. The van der Waals surface area contributed by atoms with Gasteiger partial charge in [-0.3, -0.25) is 0 Å². The zero-order valence-corrected chi connectivity index (χ0v) is 12.5. The predicted molar refractivity (Wildman–Crippen MR) is 81.4 cm³/mol. The second-order valence-electron chi connectivity index (χ2n) is 4.50. The maximum atomic E-state index is 12.0. The molecule has 1 N–H and O–H groups in total. The van der Waals surface area contributed by atoms with Gasteiger partial charge in [0.1, 0.15) is 29.4 Å². The van der Waals surface area contributed by atoms with Crippen molar-refractivity contribution >= 4 is 5.97 Å². The van der Waals surface area contributed by atoms with Crippen LogP contribution >= 0.6 is 0 Å². The summed E-state index contributed by atoms with van der Waals surface area (Å²) in [6.07, 6.45) is 0. The second-order valence-corrected chi connectivity index (χ2v) is 4.50. The van der Waals surface area contributed by atoms with Crippen LogP contribution in [0.25, 0.3) is 0 Å². The Kier molecular flexibility index (Phi) is 5.25. The fourth-order valence-electron chi connectivity index (χ4n) is 1.95. The average molecular weight is 302 g/mol. The highest BCUT2D eigenvalue weighted by Gasteiger charge is 2.14. The summed E-state index contributed by atoms with van der Waals surface area (Å²) in [6.45, 7) is 2.49. The smallest absolute Gasteiger partial charge is 0.342 e. The van der Waals surface area contributed by atoms with Crippen molar-refractivity contribution in [2.75, 3.05) is 13.7 Å². The van der Waals surface area contributed by atoms with Crippen LogP contribution in [0.5, 0.6) is 17.2 Å². The maximum Gasteiger partial charge on any atom is 0.342 e. The summed E-state index contributed by atoms with van der Waals surface area (Å²) < 4.78 is 15.7. The second kappa shape index (κ2) is 7.36. The van der Waals surface area contributed by atoms with E-state index in [-0.39, 0.29) is 17.9 Å². The number of rotatable bonds is 6. The number of esters is 1. The first kappa shape index (κ1) is 15.7. The third-order valence-electron chi connectivity index (χ3n) is 3.06. The molecular weight excluding hydrogens is 284 g/mol. The third-order valence-corrected chi connectivity index (χ3v) is 3.06. The van der Waals surface area contributed by atoms with Crippen LogP contribution in [0.1, 0.15) is 22.8 Å². The van der Waals surface area contributed by atoms with Gasteiger partial charge >= 0.3 is 5.97 Å². The molecule has 0 radical (unpaired) electrons. The molecule has 0 fully saturated rings. The molecule has 0 saturated carbocycles. The fraction of sp³-hybridized carbons (Fsp3) is 0.235. The first-order valence-corrected chi connectivity index (χ1v) is 6.90. The predicted octanol–water partition coefficient (Wildman–Crippen LogP) is 3.16. The summed E-state index contributed by atoms with van der Waals surface area (Å²) in [7, 11) is 1.48. The number of carbonyl (C=O) groups excluding carboxylic acids is 1. The number of phenolic OH excluding ortho intramolecular Hbond substituents is 1. The molecule has 0 unspecified atom stereocenters. The summed E-state index contributed by atoms with van der Waals surface area (Å²) in [5.74, 6) is 0.362. The number of phenols is 1. The minimum absolute atomic E-state index is 0.0699. The summed E-state index contributed by atoms with van der Waals surface area (Å²) in [6, 6.07) is 11.8. The van der Waals surface area contributed by atoms with Crippen molar-refractivity contribution in [1.29, 1.82) is 0 Å². The van der Waals surface area contributed by atoms with Crippen molar-refractivity contribution in [2.45, 2.75) is 13.5 Å². The highest BCUT2D eigenvalue weighted by atomic mass is 16.5. The first-order chi connectivity index (χ1) is 10.7. The average Bonchev–Trinajstić information content (AvgIpc) is 2.54. The largest absolute Gasteiger partial charge is 0.507 e. The molecule has 22 heavy (non-hydrogen) atoms. The number of para-hydroxylation sites is 1. The number of methoxy groups -OCH3 is 1. The monoisotopic (exact) mass is 302 g/mol. The molecule has 0 amide bonds. The maximum absolute atomic E-state index is 12.0. The topological polar surface area (TPSA) is 65.0 Å². The van der Waals surface area contributed by atoms with Crippen LogP contribution in [-0.4, -0.2) is 24.8 Å². The van der Waals surface area contributed by atoms with E-state index in [1.807, 2.05) is 31.2 Å². The highest BCUT2D eigenvalue weighted by molar-refractivity contribution is 5.92. The van der Waals surface area contributed by atoms with E-state index in [1.165, 1.54) is 19.2 Å². The Labute approximate surface area is 129 Å². The fourth-order valence-corrected chi connectivity index (χ4v) is 1.95. The van der Waals surface area contributed by atoms with Crippen LogP contribution in [0, 0.1) is 0 Å². The minimum atomic E-state index is -0.605. The number of aromatic hydroxyl groups is 1. The molecule has 2 aromatic carbocycles. The quantitative estimate of drug-likeness (QED) is 0.830. The zero-order valence-electron chi connectivity index (χ0n) is 12.5. The van der Waals surface area contributed by atoms with Crippen LogP contribution < -0.4 is 9.47 Å². The van der Waals surface area contributed by atoms with Crippen LogP contribution in [0.15, 0.2) is 42.5 Å². The molecule has 0 aliphatic heterocycles. The van der Waals surface area contributed by atoms with E-state index in [0.29, 0.717) is 18.1 Å². The molecule has 0 atom stereocenters. The van der Waals surface area contributed by atoms with Gasteiger partial charge in [0, 0.05) is 11.6 Å². The lowest BCUT2D eigenvalue weighted by Gasteiger charge is -2.11. The van der Waals surface area contributed by atoms with Crippen molar-refractivity contribution in [3.05, 3.63) is 53.6 Å². The number of hydrogen-bond acceptors (Lipinski definition) is 5. The summed E-state index contributed by atoms with van der Waals surface area (Å²) in [4.78, 5) is 12.0. The van der Waals surface area contributed by atoms with Crippen LogP contribution in [-0.2, 0) is 11.3 Å². The number of benzene rings is 2. The summed E-state index contributed by atoms with van der Waals surface area (Å²) in [5.41, 5.74) is 0.861. The molecular formula is C17H18O5. The van der Waals surface area contributed by atoms with Crippen molar-refractivity contribution in [3.63, 3.8) is 0 Å². The van der Waals surface area contributed by atoms with Crippen LogP contribution in [0.3, 0.4) is 0 Å². The molecule has 0 saturated heterocycles. The Bertz CT molecular complexity index is 651. The molecule has 0 bridgehead atoms. The Hall–Kier alpha value is -2.69. The van der Waals surface area contributed by atoms with Gasteiger partial charge in [0.2, 0.25) is 0 Å². The lowest BCUT2D eigenvalue weighted by Crippen LogP contribution is -2.07.